The fraction of sp³-hybridized carbons (Fsp3) is 0.643. The third-order valence-corrected chi connectivity index (χ3v) is 7.69. The Morgan fingerprint density at radius 3 is 2.92 bits per heavy atom. The molecule has 0 fully saturated rings. The number of ether oxygens (including phenoxy) is 1. The number of aromatic nitrogens is 3. The predicted molar refractivity (Wildman–Crippen MR) is 146 cm³/mol. The van der Waals surface area contributed by atoms with Crippen molar-refractivity contribution in [3.8, 4) is 0 Å². The number of halogens is 1. The molecule has 11 heteroatoms. The number of anilines is 1. The average Bonchev–Trinajstić information content (AvgIpc) is 3.44. The smallest absolute Gasteiger partial charge is 0.326 e. The number of rotatable bonds is 15. The minimum Gasteiger partial charge on any atom is -0.480 e. The van der Waals surface area contributed by atoms with Crippen molar-refractivity contribution in [1.82, 2.24) is 25.0 Å². The molecule has 214 valence electrons. The quantitative estimate of drug-likeness (QED) is 0.293. The van der Waals surface area contributed by atoms with Crippen LogP contribution in [0.4, 0.5) is 10.2 Å². The van der Waals surface area contributed by atoms with Crippen molar-refractivity contribution in [2.45, 2.75) is 76.0 Å². The summed E-state index contributed by atoms with van der Waals surface area (Å²) >= 11 is 0. The number of carbonyl (C=O) groups excluding carboxylic acids is 1. The molecule has 0 saturated heterocycles. The van der Waals surface area contributed by atoms with Gasteiger partial charge in [0.05, 0.1) is 6.10 Å². The number of carbonyl (C=O) groups is 2. The molecule has 4 heterocycles. The van der Waals surface area contributed by atoms with Gasteiger partial charge in [-0.1, -0.05) is 6.07 Å². The van der Waals surface area contributed by atoms with Crippen LogP contribution in [0.2, 0.25) is 0 Å². The Labute approximate surface area is 229 Å². The Bertz CT molecular complexity index is 1090. The first-order valence-electron chi connectivity index (χ1n) is 14.1. The second-order valence-corrected chi connectivity index (χ2v) is 10.5. The molecule has 0 radical (unpaired) electrons. The summed E-state index contributed by atoms with van der Waals surface area (Å²) in [6.07, 6.45) is 8.41. The van der Waals surface area contributed by atoms with Gasteiger partial charge in [-0.25, -0.2) is 14.2 Å². The van der Waals surface area contributed by atoms with Crippen molar-refractivity contribution in [1.29, 1.82) is 0 Å². The number of carboxylic acid groups (broad SMARTS) is 1. The van der Waals surface area contributed by atoms with Gasteiger partial charge in [0, 0.05) is 44.3 Å². The lowest BCUT2D eigenvalue weighted by Crippen LogP contribution is -2.47. The first-order chi connectivity index (χ1) is 19.0. The second kappa shape index (κ2) is 14.4. The number of aryl methyl sites for hydroxylation is 3. The largest absolute Gasteiger partial charge is 0.480 e. The molecule has 2 aromatic heterocycles. The van der Waals surface area contributed by atoms with Gasteiger partial charge in [-0.2, -0.15) is 5.10 Å². The molecule has 10 nitrogen and oxygen atoms in total. The van der Waals surface area contributed by atoms with E-state index in [1.54, 1.807) is 10.9 Å². The lowest BCUT2D eigenvalue weighted by molar-refractivity contribution is -0.142. The van der Waals surface area contributed by atoms with E-state index in [1.807, 2.05) is 11.0 Å². The Kier molecular flexibility index (Phi) is 10.7. The molecular weight excluding hydrogens is 503 g/mol. The molecule has 1 amide bonds. The molecule has 4 rings (SSSR count). The zero-order valence-electron chi connectivity index (χ0n) is 22.8. The van der Waals surface area contributed by atoms with Gasteiger partial charge in [-0.3, -0.25) is 9.48 Å². The third kappa shape index (κ3) is 7.98. The maximum absolute atomic E-state index is 13.4. The number of aliphatic carboxylic acids is 1. The van der Waals surface area contributed by atoms with Crippen molar-refractivity contribution in [3.05, 3.63) is 41.3 Å². The van der Waals surface area contributed by atoms with Crippen molar-refractivity contribution >= 4 is 17.7 Å². The number of methoxy groups -OCH3 is 1. The van der Waals surface area contributed by atoms with Crippen LogP contribution in [0.15, 0.2) is 24.4 Å². The maximum Gasteiger partial charge on any atom is 0.326 e. The number of nitrogens with one attached hydrogen (secondary N) is 2. The van der Waals surface area contributed by atoms with Crippen LogP contribution in [0.3, 0.4) is 0 Å². The number of amides is 1. The van der Waals surface area contributed by atoms with Gasteiger partial charge in [0.2, 0.25) is 5.91 Å². The molecule has 2 aromatic rings. The Balaban J connectivity index is 1.29. The van der Waals surface area contributed by atoms with E-state index in [1.165, 1.54) is 12.7 Å². The first-order valence-corrected chi connectivity index (χ1v) is 14.1. The number of unbranched alkanes of at least 4 members (excludes halogenated alkanes) is 1. The van der Waals surface area contributed by atoms with E-state index in [0.29, 0.717) is 26.1 Å². The van der Waals surface area contributed by atoms with Gasteiger partial charge in [0.25, 0.3) is 0 Å². The highest BCUT2D eigenvalue weighted by atomic mass is 19.1. The molecule has 0 bridgehead atoms. The van der Waals surface area contributed by atoms with E-state index in [2.05, 4.69) is 27.9 Å². The standard InChI is InChI=1S/C28H41FN6O4/c1-39-23(18-29)19-34(16-3-2-7-21-11-10-20-6-5-14-30-26(20)32-21)17-13-24(28(37)38)33-27(36)25-9-4-8-22-12-15-31-35(22)25/h10-12,15,23-25H,2-9,13-14,16-19H2,1H3,(H,30,32)(H,33,36)(H,37,38)/t23-,24+,25?/m1/s1. The van der Waals surface area contributed by atoms with Crippen LogP contribution < -0.4 is 10.6 Å². The summed E-state index contributed by atoms with van der Waals surface area (Å²) in [7, 11) is 1.48. The molecule has 0 aromatic carbocycles. The van der Waals surface area contributed by atoms with Crippen LogP contribution in [0.1, 0.15) is 61.5 Å². The molecule has 0 spiro atoms. The van der Waals surface area contributed by atoms with Crippen molar-refractivity contribution in [2.75, 3.05) is 45.3 Å². The van der Waals surface area contributed by atoms with Crippen molar-refractivity contribution in [3.63, 3.8) is 0 Å². The molecular formula is C28H41FN6O4. The van der Waals surface area contributed by atoms with E-state index < -0.39 is 30.8 Å². The highest BCUT2D eigenvalue weighted by molar-refractivity contribution is 5.86. The topological polar surface area (TPSA) is 122 Å². The Morgan fingerprint density at radius 1 is 1.26 bits per heavy atom. The number of hydrogen-bond acceptors (Lipinski definition) is 7. The van der Waals surface area contributed by atoms with E-state index in [0.717, 1.165) is 68.7 Å². The molecule has 0 saturated carbocycles. The van der Waals surface area contributed by atoms with Gasteiger partial charge < -0.3 is 25.4 Å². The van der Waals surface area contributed by atoms with Crippen LogP contribution in [-0.4, -0.2) is 88.8 Å². The number of fused-ring (bicyclic) bond motifs is 2. The number of pyridine rings is 1. The van der Waals surface area contributed by atoms with E-state index in [4.69, 9.17) is 9.72 Å². The van der Waals surface area contributed by atoms with Crippen LogP contribution in [0.25, 0.3) is 0 Å². The number of nitrogens with zero attached hydrogens (tertiary/aromatic N) is 4. The van der Waals surface area contributed by atoms with Crippen LogP contribution in [-0.2, 0) is 33.6 Å². The molecule has 1 unspecified atom stereocenters. The summed E-state index contributed by atoms with van der Waals surface area (Å²) in [6, 6.07) is 4.59. The van der Waals surface area contributed by atoms with Crippen molar-refractivity contribution in [2.24, 2.45) is 0 Å². The number of hydrogen-bond donors (Lipinski definition) is 3. The summed E-state index contributed by atoms with van der Waals surface area (Å²) in [5.74, 6) is -0.421. The molecule has 3 atom stereocenters. The number of carboxylic acids is 1. The van der Waals surface area contributed by atoms with Gasteiger partial charge in [0.1, 0.15) is 24.6 Å². The van der Waals surface area contributed by atoms with Crippen LogP contribution in [0.5, 0.6) is 0 Å². The van der Waals surface area contributed by atoms with Crippen LogP contribution in [0, 0.1) is 0 Å². The minimum absolute atomic E-state index is 0.209. The molecule has 2 aliphatic rings. The van der Waals surface area contributed by atoms with Gasteiger partial charge in [0.15, 0.2) is 0 Å². The predicted octanol–water partition coefficient (Wildman–Crippen LogP) is 2.78. The van der Waals surface area contributed by atoms with Gasteiger partial charge >= 0.3 is 5.97 Å². The van der Waals surface area contributed by atoms with Gasteiger partial charge in [-0.05, 0) is 82.0 Å². The monoisotopic (exact) mass is 544 g/mol. The normalized spacial score (nSPS) is 18.1. The average molecular weight is 545 g/mol. The fourth-order valence-electron chi connectivity index (χ4n) is 5.42. The zero-order chi connectivity index (χ0) is 27.6. The zero-order valence-corrected chi connectivity index (χ0v) is 22.8. The van der Waals surface area contributed by atoms with E-state index in [-0.39, 0.29) is 12.3 Å². The lowest BCUT2D eigenvalue weighted by Gasteiger charge is -2.28. The van der Waals surface area contributed by atoms with Crippen molar-refractivity contribution < 1.29 is 23.8 Å². The Hall–Kier alpha value is -3.05. The van der Waals surface area contributed by atoms with Crippen LogP contribution >= 0.6 is 0 Å². The maximum atomic E-state index is 13.4. The summed E-state index contributed by atoms with van der Waals surface area (Å²) in [4.78, 5) is 31.8. The minimum atomic E-state index is -1.08. The summed E-state index contributed by atoms with van der Waals surface area (Å²) in [5, 5.41) is 20.2. The summed E-state index contributed by atoms with van der Waals surface area (Å²) in [6.45, 7) is 1.76. The Morgan fingerprint density at radius 2 is 2.13 bits per heavy atom. The number of alkyl halides is 1. The SMILES string of the molecule is CO[C@H](CF)CN(CCCCc1ccc2c(n1)NCCC2)CC[C@H](NC(=O)C1CCCc2ccnn21)C(=O)O. The third-order valence-electron chi connectivity index (χ3n) is 7.69. The fourth-order valence-corrected chi connectivity index (χ4v) is 5.42. The molecule has 2 aliphatic heterocycles. The van der Waals surface area contributed by atoms with E-state index in [9.17, 15) is 19.1 Å². The van der Waals surface area contributed by atoms with Gasteiger partial charge in [-0.15, -0.1) is 0 Å². The molecule has 0 aliphatic carbocycles. The summed E-state index contributed by atoms with van der Waals surface area (Å²) in [5.41, 5.74) is 3.30. The highest BCUT2D eigenvalue weighted by Crippen LogP contribution is 2.24. The lowest BCUT2D eigenvalue weighted by atomic mass is 10.0. The highest BCUT2D eigenvalue weighted by Gasteiger charge is 2.30. The molecule has 39 heavy (non-hydrogen) atoms. The summed E-state index contributed by atoms with van der Waals surface area (Å²) < 4.78 is 20.4. The molecule has 3 N–H and O–H groups in total. The second-order valence-electron chi connectivity index (χ2n) is 10.5. The first kappa shape index (κ1) is 28.9. The van der Waals surface area contributed by atoms with E-state index >= 15 is 0 Å².